The molecule has 1 aromatic carbocycles. The summed E-state index contributed by atoms with van der Waals surface area (Å²) >= 11 is 0. The van der Waals surface area contributed by atoms with E-state index in [1.807, 2.05) is 6.08 Å². The van der Waals surface area contributed by atoms with Gasteiger partial charge in [0.05, 0.1) is 6.61 Å². The Hall–Kier alpha value is -1.28. The number of aryl methyl sites for hydroxylation is 1. The van der Waals surface area contributed by atoms with Crippen molar-refractivity contribution in [3.05, 3.63) is 42.5 Å². The summed E-state index contributed by atoms with van der Waals surface area (Å²) in [6, 6.07) is 8.56. The van der Waals surface area contributed by atoms with Crippen LogP contribution < -0.4 is 4.74 Å². The molecule has 1 aliphatic heterocycles. The molecule has 23 heavy (non-hydrogen) atoms. The molecule has 2 rings (SSSR count). The standard InChI is InChI=1S/C21H32O2/c1-3-4-5-6-7-8-9-10-11-12-19-13-15-20(16-14-19)22-17-21(2)18-23-21/h3,13-16H,1,4-12,17-18H2,2H3. The summed E-state index contributed by atoms with van der Waals surface area (Å²) in [5.41, 5.74) is 1.38. The lowest BCUT2D eigenvalue weighted by atomic mass is 10.0. The van der Waals surface area contributed by atoms with Gasteiger partial charge in [-0.2, -0.15) is 0 Å². The predicted molar refractivity (Wildman–Crippen MR) is 97.1 cm³/mol. The van der Waals surface area contributed by atoms with Gasteiger partial charge in [-0.15, -0.1) is 6.58 Å². The lowest BCUT2D eigenvalue weighted by Crippen LogP contribution is -2.16. The molecular weight excluding hydrogens is 284 g/mol. The van der Waals surface area contributed by atoms with E-state index in [-0.39, 0.29) is 5.60 Å². The summed E-state index contributed by atoms with van der Waals surface area (Å²) in [6.07, 6.45) is 13.8. The number of ether oxygens (including phenoxy) is 2. The van der Waals surface area contributed by atoms with Gasteiger partial charge in [-0.3, -0.25) is 0 Å². The van der Waals surface area contributed by atoms with Crippen LogP contribution in [0.5, 0.6) is 5.75 Å². The first-order valence-electron chi connectivity index (χ1n) is 9.18. The maximum absolute atomic E-state index is 5.75. The Labute approximate surface area is 141 Å². The third-order valence-electron chi connectivity index (χ3n) is 4.48. The van der Waals surface area contributed by atoms with Crippen molar-refractivity contribution in [3.8, 4) is 5.75 Å². The Balaban J connectivity index is 1.49. The van der Waals surface area contributed by atoms with Gasteiger partial charge in [0.2, 0.25) is 0 Å². The number of allylic oxidation sites excluding steroid dienone is 1. The van der Waals surface area contributed by atoms with E-state index in [1.54, 1.807) is 0 Å². The maximum atomic E-state index is 5.75. The van der Waals surface area contributed by atoms with Crippen LogP contribution in [0.25, 0.3) is 0 Å². The molecule has 1 fully saturated rings. The summed E-state index contributed by atoms with van der Waals surface area (Å²) in [5, 5.41) is 0. The Bertz CT molecular complexity index is 445. The highest BCUT2D eigenvalue weighted by Gasteiger charge is 2.40. The van der Waals surface area contributed by atoms with E-state index in [2.05, 4.69) is 37.8 Å². The molecule has 0 N–H and O–H groups in total. The van der Waals surface area contributed by atoms with Crippen LogP contribution in [0.1, 0.15) is 63.9 Å². The summed E-state index contributed by atoms with van der Waals surface area (Å²) in [7, 11) is 0. The fourth-order valence-corrected chi connectivity index (χ4v) is 2.70. The van der Waals surface area contributed by atoms with Crippen molar-refractivity contribution in [2.24, 2.45) is 0 Å². The molecule has 2 nitrogen and oxygen atoms in total. The third-order valence-corrected chi connectivity index (χ3v) is 4.48. The van der Waals surface area contributed by atoms with Gasteiger partial charge in [0, 0.05) is 0 Å². The van der Waals surface area contributed by atoms with Crippen molar-refractivity contribution < 1.29 is 9.47 Å². The van der Waals surface area contributed by atoms with Crippen LogP contribution in [0.15, 0.2) is 36.9 Å². The van der Waals surface area contributed by atoms with Crippen LogP contribution in [0.3, 0.4) is 0 Å². The number of hydrogen-bond donors (Lipinski definition) is 0. The average Bonchev–Trinajstić information content (AvgIpc) is 3.30. The zero-order chi connectivity index (χ0) is 16.4. The van der Waals surface area contributed by atoms with Crippen LogP contribution in [-0.4, -0.2) is 18.8 Å². The smallest absolute Gasteiger partial charge is 0.123 e. The van der Waals surface area contributed by atoms with Crippen LogP contribution in [0.2, 0.25) is 0 Å². The molecule has 1 unspecified atom stereocenters. The van der Waals surface area contributed by atoms with Crippen molar-refractivity contribution in [2.45, 2.75) is 70.3 Å². The first-order valence-corrected chi connectivity index (χ1v) is 9.18. The van der Waals surface area contributed by atoms with Crippen molar-refractivity contribution in [1.29, 1.82) is 0 Å². The molecular formula is C21H32O2. The highest BCUT2D eigenvalue weighted by atomic mass is 16.6. The van der Waals surface area contributed by atoms with Gasteiger partial charge in [0.1, 0.15) is 18.0 Å². The molecule has 0 spiro atoms. The van der Waals surface area contributed by atoms with Gasteiger partial charge in [-0.05, 0) is 50.3 Å². The van der Waals surface area contributed by atoms with Gasteiger partial charge < -0.3 is 9.47 Å². The molecule has 128 valence electrons. The van der Waals surface area contributed by atoms with E-state index in [0.29, 0.717) is 6.61 Å². The summed E-state index contributed by atoms with van der Waals surface area (Å²) in [4.78, 5) is 0. The molecule has 1 atom stereocenters. The molecule has 1 heterocycles. The van der Waals surface area contributed by atoms with Crippen LogP contribution in [0, 0.1) is 0 Å². The van der Waals surface area contributed by atoms with Gasteiger partial charge in [0.15, 0.2) is 0 Å². The molecule has 0 aliphatic carbocycles. The van der Waals surface area contributed by atoms with Crippen LogP contribution in [-0.2, 0) is 11.2 Å². The zero-order valence-electron chi connectivity index (χ0n) is 14.7. The lowest BCUT2D eigenvalue weighted by molar-refractivity contribution is 0.202. The van der Waals surface area contributed by atoms with E-state index in [1.165, 1.54) is 63.4 Å². The number of epoxide rings is 1. The molecule has 2 heteroatoms. The van der Waals surface area contributed by atoms with E-state index < -0.39 is 0 Å². The Morgan fingerprint density at radius 2 is 1.65 bits per heavy atom. The maximum Gasteiger partial charge on any atom is 0.123 e. The minimum atomic E-state index is -0.0373. The Kier molecular flexibility index (Phi) is 7.67. The normalized spacial score (nSPS) is 19.5. The van der Waals surface area contributed by atoms with Crippen molar-refractivity contribution in [1.82, 2.24) is 0 Å². The van der Waals surface area contributed by atoms with E-state index in [0.717, 1.165) is 12.4 Å². The number of benzene rings is 1. The first-order chi connectivity index (χ1) is 11.2. The number of unbranched alkanes of at least 4 members (excludes halogenated alkanes) is 7. The topological polar surface area (TPSA) is 21.8 Å². The monoisotopic (exact) mass is 316 g/mol. The molecule has 0 radical (unpaired) electrons. The minimum absolute atomic E-state index is 0.0373. The molecule has 1 saturated heterocycles. The predicted octanol–water partition coefficient (Wildman–Crippen LogP) is 5.70. The summed E-state index contributed by atoms with van der Waals surface area (Å²) in [6.45, 7) is 7.32. The summed E-state index contributed by atoms with van der Waals surface area (Å²) < 4.78 is 11.1. The molecule has 0 aromatic heterocycles. The Morgan fingerprint density at radius 1 is 1.04 bits per heavy atom. The second-order valence-corrected chi connectivity index (χ2v) is 6.97. The second kappa shape index (κ2) is 9.77. The third kappa shape index (κ3) is 7.69. The van der Waals surface area contributed by atoms with Gasteiger partial charge in [-0.1, -0.05) is 50.3 Å². The fourth-order valence-electron chi connectivity index (χ4n) is 2.70. The minimum Gasteiger partial charge on any atom is -0.491 e. The van der Waals surface area contributed by atoms with Gasteiger partial charge >= 0.3 is 0 Å². The number of rotatable bonds is 13. The quantitative estimate of drug-likeness (QED) is 0.264. The van der Waals surface area contributed by atoms with Crippen LogP contribution >= 0.6 is 0 Å². The fraction of sp³-hybridized carbons (Fsp3) is 0.619. The molecule has 0 bridgehead atoms. The zero-order valence-corrected chi connectivity index (χ0v) is 14.7. The Morgan fingerprint density at radius 3 is 2.26 bits per heavy atom. The van der Waals surface area contributed by atoms with Gasteiger partial charge in [-0.25, -0.2) is 0 Å². The van der Waals surface area contributed by atoms with Crippen molar-refractivity contribution in [3.63, 3.8) is 0 Å². The second-order valence-electron chi connectivity index (χ2n) is 6.97. The summed E-state index contributed by atoms with van der Waals surface area (Å²) in [5.74, 6) is 0.949. The molecule has 0 saturated carbocycles. The molecule has 1 aromatic rings. The highest BCUT2D eigenvalue weighted by Crippen LogP contribution is 2.27. The molecule has 0 amide bonds. The van der Waals surface area contributed by atoms with E-state index in [9.17, 15) is 0 Å². The largest absolute Gasteiger partial charge is 0.491 e. The lowest BCUT2D eigenvalue weighted by Gasteiger charge is -2.09. The first kappa shape index (κ1) is 18.1. The molecule has 1 aliphatic rings. The highest BCUT2D eigenvalue weighted by molar-refractivity contribution is 5.27. The van der Waals surface area contributed by atoms with Crippen molar-refractivity contribution >= 4 is 0 Å². The van der Waals surface area contributed by atoms with Gasteiger partial charge in [0.25, 0.3) is 0 Å². The van der Waals surface area contributed by atoms with E-state index >= 15 is 0 Å². The van der Waals surface area contributed by atoms with Crippen molar-refractivity contribution in [2.75, 3.05) is 13.2 Å². The average molecular weight is 316 g/mol. The van der Waals surface area contributed by atoms with Crippen LogP contribution in [0.4, 0.5) is 0 Å². The van der Waals surface area contributed by atoms with E-state index in [4.69, 9.17) is 9.47 Å². The number of hydrogen-bond acceptors (Lipinski definition) is 2. The SMILES string of the molecule is C=CCCCCCCCCCc1ccc(OCC2(C)CO2)cc1.